The molecule has 3 nitrogen and oxygen atoms in total. The summed E-state index contributed by atoms with van der Waals surface area (Å²) in [6.07, 6.45) is 0. The van der Waals surface area contributed by atoms with E-state index in [1.165, 1.54) is 30.3 Å². The maximum absolute atomic E-state index is 13.1. The Labute approximate surface area is 114 Å². The van der Waals surface area contributed by atoms with Crippen LogP contribution in [0, 0.1) is 12.7 Å². The first-order valence-electron chi connectivity index (χ1n) is 5.44. The van der Waals surface area contributed by atoms with Crippen molar-refractivity contribution in [1.82, 2.24) is 0 Å². The Balaban J connectivity index is 2.31. The topological polar surface area (TPSA) is 46.5 Å². The van der Waals surface area contributed by atoms with E-state index in [9.17, 15) is 9.18 Å². The van der Waals surface area contributed by atoms with Crippen molar-refractivity contribution in [1.29, 1.82) is 0 Å². The molecule has 0 aliphatic heterocycles. The predicted octanol–water partition coefficient (Wildman–Crippen LogP) is 4.28. The lowest BCUT2D eigenvalue weighted by molar-refractivity contribution is 0.0697. The van der Waals surface area contributed by atoms with Gasteiger partial charge in [0.05, 0.1) is 10.6 Å². The summed E-state index contributed by atoms with van der Waals surface area (Å²) in [5.74, 6) is -0.810. The lowest BCUT2D eigenvalue weighted by atomic mass is 10.2. The average molecular weight is 281 g/mol. The van der Waals surface area contributed by atoms with E-state index in [4.69, 9.17) is 21.4 Å². The highest BCUT2D eigenvalue weighted by Crippen LogP contribution is 2.29. The maximum Gasteiger partial charge on any atom is 0.337 e. The van der Waals surface area contributed by atoms with E-state index < -0.39 is 11.8 Å². The summed E-state index contributed by atoms with van der Waals surface area (Å²) >= 11 is 5.83. The second-order valence-electron chi connectivity index (χ2n) is 3.96. The minimum atomic E-state index is -1.11. The number of aromatic carboxylic acids is 1. The van der Waals surface area contributed by atoms with Crippen LogP contribution in [0.3, 0.4) is 0 Å². The summed E-state index contributed by atoms with van der Waals surface area (Å²) in [6.45, 7) is 1.78. The molecule has 0 spiro atoms. The van der Waals surface area contributed by atoms with E-state index in [1.807, 2.05) is 0 Å². The van der Waals surface area contributed by atoms with Crippen LogP contribution in [0.5, 0.6) is 11.5 Å². The number of hydrogen-bond donors (Lipinski definition) is 1. The zero-order valence-corrected chi connectivity index (χ0v) is 10.7. The molecule has 2 aromatic carbocycles. The highest BCUT2D eigenvalue weighted by molar-refractivity contribution is 6.33. The number of hydrogen-bond acceptors (Lipinski definition) is 2. The van der Waals surface area contributed by atoms with Crippen LogP contribution in [0.25, 0.3) is 0 Å². The number of carboxylic acids is 1. The molecule has 0 saturated heterocycles. The first-order valence-corrected chi connectivity index (χ1v) is 5.82. The molecule has 0 atom stereocenters. The summed E-state index contributed by atoms with van der Waals surface area (Å²) in [6, 6.07) is 8.39. The van der Waals surface area contributed by atoms with Crippen molar-refractivity contribution in [2.24, 2.45) is 0 Å². The summed E-state index contributed by atoms with van der Waals surface area (Å²) in [7, 11) is 0. The van der Waals surface area contributed by atoms with Crippen LogP contribution in [0.1, 0.15) is 15.9 Å². The molecule has 0 aliphatic carbocycles. The van der Waals surface area contributed by atoms with Gasteiger partial charge < -0.3 is 9.84 Å². The molecule has 0 amide bonds. The lowest BCUT2D eigenvalue weighted by Crippen LogP contribution is -1.97. The maximum atomic E-state index is 13.1. The number of carbonyl (C=O) groups is 1. The van der Waals surface area contributed by atoms with Gasteiger partial charge in [-0.15, -0.1) is 0 Å². The third-order valence-corrected chi connectivity index (χ3v) is 2.86. The van der Waals surface area contributed by atoms with Crippen molar-refractivity contribution in [2.45, 2.75) is 6.92 Å². The quantitative estimate of drug-likeness (QED) is 0.913. The van der Waals surface area contributed by atoms with Gasteiger partial charge in [-0.2, -0.15) is 0 Å². The highest BCUT2D eigenvalue weighted by Gasteiger charge is 2.10. The summed E-state index contributed by atoms with van der Waals surface area (Å²) in [4.78, 5) is 10.8. The van der Waals surface area contributed by atoms with Crippen molar-refractivity contribution in [3.63, 3.8) is 0 Å². The Morgan fingerprint density at radius 3 is 2.63 bits per heavy atom. The Morgan fingerprint density at radius 1 is 1.26 bits per heavy atom. The van der Waals surface area contributed by atoms with Crippen molar-refractivity contribution in [3.05, 3.63) is 58.4 Å². The molecule has 0 bridgehead atoms. The minimum Gasteiger partial charge on any atom is -0.478 e. The van der Waals surface area contributed by atoms with Crippen LogP contribution in [-0.2, 0) is 0 Å². The van der Waals surface area contributed by atoms with Crippen LogP contribution >= 0.6 is 11.6 Å². The summed E-state index contributed by atoms with van der Waals surface area (Å²) in [5.41, 5.74) is 0.754. The molecular weight excluding hydrogens is 271 g/mol. The third kappa shape index (κ3) is 3.03. The first kappa shape index (κ1) is 13.4. The molecule has 19 heavy (non-hydrogen) atoms. The second-order valence-corrected chi connectivity index (χ2v) is 4.37. The normalized spacial score (nSPS) is 10.3. The predicted molar refractivity (Wildman–Crippen MR) is 69.6 cm³/mol. The van der Waals surface area contributed by atoms with Gasteiger partial charge in [-0.05, 0) is 30.7 Å². The highest BCUT2D eigenvalue weighted by atomic mass is 35.5. The number of carboxylic acid groups (broad SMARTS) is 1. The number of rotatable bonds is 3. The van der Waals surface area contributed by atoms with Gasteiger partial charge in [0.2, 0.25) is 0 Å². The molecule has 0 radical (unpaired) electrons. The molecule has 0 heterocycles. The van der Waals surface area contributed by atoms with Gasteiger partial charge in [-0.25, -0.2) is 9.18 Å². The van der Waals surface area contributed by atoms with E-state index in [1.54, 1.807) is 13.0 Å². The summed E-state index contributed by atoms with van der Waals surface area (Å²) in [5, 5.41) is 8.92. The molecular formula is C14H10ClFO3. The molecule has 0 saturated carbocycles. The number of ether oxygens (including phenoxy) is 1. The Morgan fingerprint density at radius 2 is 2.00 bits per heavy atom. The van der Waals surface area contributed by atoms with Gasteiger partial charge >= 0.3 is 5.97 Å². The van der Waals surface area contributed by atoms with Gasteiger partial charge in [0.15, 0.2) is 0 Å². The molecule has 2 aromatic rings. The first-order chi connectivity index (χ1) is 8.97. The zero-order chi connectivity index (χ0) is 14.0. The van der Waals surface area contributed by atoms with Crippen molar-refractivity contribution in [3.8, 4) is 11.5 Å². The number of aryl methyl sites for hydroxylation is 1. The van der Waals surface area contributed by atoms with Gasteiger partial charge in [-0.1, -0.05) is 17.7 Å². The molecule has 2 rings (SSSR count). The standard InChI is InChI=1S/C14H10ClFO3/c1-8-2-3-9(16)6-13(8)19-10-4-5-11(14(17)18)12(15)7-10/h2-7H,1H3,(H,17,18). The molecule has 0 fully saturated rings. The van der Waals surface area contributed by atoms with E-state index in [2.05, 4.69) is 0 Å². The Kier molecular flexibility index (Phi) is 3.71. The fourth-order valence-electron chi connectivity index (χ4n) is 1.54. The average Bonchev–Trinajstić information content (AvgIpc) is 2.33. The number of benzene rings is 2. The fourth-order valence-corrected chi connectivity index (χ4v) is 1.79. The van der Waals surface area contributed by atoms with Gasteiger partial charge in [0, 0.05) is 12.1 Å². The fraction of sp³-hybridized carbons (Fsp3) is 0.0714. The molecule has 5 heteroatoms. The molecule has 0 unspecified atom stereocenters. The SMILES string of the molecule is Cc1ccc(F)cc1Oc1ccc(C(=O)O)c(Cl)c1. The molecule has 0 aromatic heterocycles. The van der Waals surface area contributed by atoms with Gasteiger partial charge in [0.25, 0.3) is 0 Å². The van der Waals surface area contributed by atoms with Crippen LogP contribution in [0.15, 0.2) is 36.4 Å². The van der Waals surface area contributed by atoms with E-state index >= 15 is 0 Å². The lowest BCUT2D eigenvalue weighted by Gasteiger charge is -2.09. The van der Waals surface area contributed by atoms with Crippen LogP contribution in [0.4, 0.5) is 4.39 Å². The van der Waals surface area contributed by atoms with Gasteiger partial charge in [-0.3, -0.25) is 0 Å². The molecule has 0 aliphatic rings. The van der Waals surface area contributed by atoms with Crippen molar-refractivity contribution < 1.29 is 19.0 Å². The smallest absolute Gasteiger partial charge is 0.337 e. The van der Waals surface area contributed by atoms with E-state index in [-0.39, 0.29) is 10.6 Å². The van der Waals surface area contributed by atoms with Crippen LogP contribution in [-0.4, -0.2) is 11.1 Å². The summed E-state index contributed by atoms with van der Waals surface area (Å²) < 4.78 is 18.6. The zero-order valence-electron chi connectivity index (χ0n) is 9.98. The largest absolute Gasteiger partial charge is 0.478 e. The monoisotopic (exact) mass is 280 g/mol. The van der Waals surface area contributed by atoms with Gasteiger partial charge in [0.1, 0.15) is 17.3 Å². The van der Waals surface area contributed by atoms with Crippen LogP contribution in [0.2, 0.25) is 5.02 Å². The van der Waals surface area contributed by atoms with Crippen LogP contribution < -0.4 is 4.74 Å². The molecule has 98 valence electrons. The van der Waals surface area contributed by atoms with E-state index in [0.29, 0.717) is 11.5 Å². The second kappa shape index (κ2) is 5.28. The molecule has 1 N–H and O–H groups in total. The Hall–Kier alpha value is -2.07. The number of halogens is 2. The Bertz CT molecular complexity index is 641. The van der Waals surface area contributed by atoms with Crippen molar-refractivity contribution in [2.75, 3.05) is 0 Å². The van der Waals surface area contributed by atoms with E-state index in [0.717, 1.165) is 5.56 Å². The third-order valence-electron chi connectivity index (χ3n) is 2.55. The minimum absolute atomic E-state index is 0.00928. The van der Waals surface area contributed by atoms with Crippen molar-refractivity contribution >= 4 is 17.6 Å².